The fourth-order valence-corrected chi connectivity index (χ4v) is 2.57. The molecule has 1 aliphatic heterocycles. The van der Waals surface area contributed by atoms with Crippen molar-refractivity contribution in [2.45, 2.75) is 38.3 Å². The summed E-state index contributed by atoms with van der Waals surface area (Å²) in [6.07, 6.45) is 0.00745. The van der Waals surface area contributed by atoms with E-state index in [-0.39, 0.29) is 18.9 Å². The molecule has 1 N–H and O–H groups in total. The third-order valence-corrected chi connectivity index (χ3v) is 3.50. The Kier molecular flexibility index (Phi) is 3.58. The Hall–Kier alpha value is -1.49. The van der Waals surface area contributed by atoms with Crippen LogP contribution in [0.15, 0.2) is 18.2 Å². The highest BCUT2D eigenvalue weighted by Crippen LogP contribution is 2.29. The maximum absolute atomic E-state index is 13.1. The van der Waals surface area contributed by atoms with E-state index in [0.717, 1.165) is 12.1 Å². The quantitative estimate of drug-likeness (QED) is 0.890. The normalized spacial score (nSPS) is 21.7. The van der Waals surface area contributed by atoms with Gasteiger partial charge in [-0.3, -0.25) is 4.79 Å². The summed E-state index contributed by atoms with van der Waals surface area (Å²) in [6, 6.07) is 3.45. The Bertz CT molecular complexity index is 502. The Labute approximate surface area is 110 Å². The van der Waals surface area contributed by atoms with Gasteiger partial charge in [0, 0.05) is 12.1 Å². The minimum Gasteiger partial charge on any atom is -0.391 e. The van der Waals surface area contributed by atoms with Gasteiger partial charge in [0.15, 0.2) is 11.6 Å². The van der Waals surface area contributed by atoms with Crippen LogP contribution in [0.3, 0.4) is 0 Å². The third-order valence-electron chi connectivity index (χ3n) is 3.50. The van der Waals surface area contributed by atoms with Crippen LogP contribution in [0.1, 0.15) is 25.8 Å². The number of hydrogen-bond acceptors (Lipinski definition) is 2. The highest BCUT2D eigenvalue weighted by molar-refractivity contribution is 5.80. The van der Waals surface area contributed by atoms with Crippen LogP contribution in [-0.4, -0.2) is 34.1 Å². The molecule has 0 radical (unpaired) electrons. The molecule has 0 saturated carbocycles. The Balaban J connectivity index is 2.11. The predicted octanol–water partition coefficient (Wildman–Crippen LogP) is 1.88. The monoisotopic (exact) mass is 269 g/mol. The van der Waals surface area contributed by atoms with E-state index in [4.69, 9.17) is 0 Å². The van der Waals surface area contributed by atoms with Gasteiger partial charge in [-0.2, -0.15) is 0 Å². The van der Waals surface area contributed by atoms with Gasteiger partial charge < -0.3 is 10.0 Å². The van der Waals surface area contributed by atoms with Gasteiger partial charge in [-0.05, 0) is 38.0 Å². The average Bonchev–Trinajstić information content (AvgIpc) is 2.57. The summed E-state index contributed by atoms with van der Waals surface area (Å²) in [4.78, 5) is 13.8. The lowest BCUT2D eigenvalue weighted by atomic mass is 10.0. The minimum atomic E-state index is -0.953. The first-order chi connectivity index (χ1) is 8.79. The number of benzene rings is 1. The molecule has 1 unspecified atom stereocenters. The van der Waals surface area contributed by atoms with Crippen molar-refractivity contribution < 1.29 is 18.7 Å². The van der Waals surface area contributed by atoms with E-state index in [1.807, 2.05) is 13.8 Å². The summed E-state index contributed by atoms with van der Waals surface area (Å²) in [7, 11) is 0. The molecule has 5 heteroatoms. The van der Waals surface area contributed by atoms with E-state index in [2.05, 4.69) is 0 Å². The number of carbonyl (C=O) groups is 1. The molecular formula is C14H17F2NO2. The van der Waals surface area contributed by atoms with Crippen molar-refractivity contribution in [1.82, 2.24) is 4.90 Å². The number of halogens is 2. The summed E-state index contributed by atoms with van der Waals surface area (Å²) in [6.45, 7) is 4.05. The molecule has 1 atom stereocenters. The van der Waals surface area contributed by atoms with Crippen LogP contribution >= 0.6 is 0 Å². The van der Waals surface area contributed by atoms with E-state index in [1.54, 1.807) is 4.90 Å². The fraction of sp³-hybridized carbons (Fsp3) is 0.500. The number of β-amino-alcohol motifs (C(OH)–C–C–N with tert-alkyl or cyclic N) is 1. The molecule has 104 valence electrons. The number of likely N-dealkylation sites (tertiary alicyclic amines) is 1. The summed E-state index contributed by atoms with van der Waals surface area (Å²) < 4.78 is 25.9. The molecule has 1 aliphatic rings. The molecular weight excluding hydrogens is 252 g/mol. The topological polar surface area (TPSA) is 40.5 Å². The molecule has 1 amide bonds. The molecule has 1 aromatic rings. The highest BCUT2D eigenvalue weighted by Gasteiger charge is 2.40. The van der Waals surface area contributed by atoms with Gasteiger partial charge in [0.1, 0.15) is 0 Å². The van der Waals surface area contributed by atoms with Gasteiger partial charge in [-0.1, -0.05) is 6.07 Å². The van der Waals surface area contributed by atoms with E-state index < -0.39 is 23.3 Å². The SMILES string of the molecule is CC1(C)CC(O)CN1C(=O)Cc1ccc(F)c(F)c1. The Morgan fingerprint density at radius 2 is 2.11 bits per heavy atom. The maximum atomic E-state index is 13.1. The molecule has 2 rings (SSSR count). The Morgan fingerprint density at radius 1 is 1.42 bits per heavy atom. The van der Waals surface area contributed by atoms with Crippen molar-refractivity contribution >= 4 is 5.91 Å². The first kappa shape index (κ1) is 13.9. The van der Waals surface area contributed by atoms with Crippen LogP contribution in [-0.2, 0) is 11.2 Å². The van der Waals surface area contributed by atoms with Crippen molar-refractivity contribution in [2.24, 2.45) is 0 Å². The van der Waals surface area contributed by atoms with Crippen LogP contribution < -0.4 is 0 Å². The Morgan fingerprint density at radius 3 is 2.63 bits per heavy atom. The molecule has 0 bridgehead atoms. The van der Waals surface area contributed by atoms with Crippen molar-refractivity contribution in [1.29, 1.82) is 0 Å². The van der Waals surface area contributed by atoms with Gasteiger partial charge in [-0.15, -0.1) is 0 Å². The summed E-state index contributed by atoms with van der Waals surface area (Å²) in [5.74, 6) is -2.06. The number of rotatable bonds is 2. The van der Waals surface area contributed by atoms with Crippen LogP contribution in [0.5, 0.6) is 0 Å². The van der Waals surface area contributed by atoms with Crippen LogP contribution in [0.4, 0.5) is 8.78 Å². The van der Waals surface area contributed by atoms with E-state index in [0.29, 0.717) is 12.0 Å². The first-order valence-corrected chi connectivity index (χ1v) is 6.22. The van der Waals surface area contributed by atoms with Gasteiger partial charge in [0.2, 0.25) is 5.91 Å². The summed E-state index contributed by atoms with van der Waals surface area (Å²) in [5.41, 5.74) is 0.0239. The first-order valence-electron chi connectivity index (χ1n) is 6.22. The van der Waals surface area contributed by atoms with E-state index >= 15 is 0 Å². The highest BCUT2D eigenvalue weighted by atomic mass is 19.2. The molecule has 1 heterocycles. The molecule has 0 spiro atoms. The van der Waals surface area contributed by atoms with Crippen molar-refractivity contribution in [3.05, 3.63) is 35.4 Å². The molecule has 19 heavy (non-hydrogen) atoms. The number of aliphatic hydroxyl groups excluding tert-OH is 1. The second-order valence-corrected chi connectivity index (χ2v) is 5.60. The largest absolute Gasteiger partial charge is 0.391 e. The second-order valence-electron chi connectivity index (χ2n) is 5.60. The zero-order chi connectivity index (χ0) is 14.2. The standard InChI is InChI=1S/C14H17F2NO2/c1-14(2)7-10(18)8-17(14)13(19)6-9-3-4-11(15)12(16)5-9/h3-5,10,18H,6-8H2,1-2H3. The van der Waals surface area contributed by atoms with Gasteiger partial charge in [-0.25, -0.2) is 8.78 Å². The predicted molar refractivity (Wildman–Crippen MR) is 66.5 cm³/mol. The number of carbonyl (C=O) groups excluding carboxylic acids is 1. The number of hydrogen-bond donors (Lipinski definition) is 1. The minimum absolute atomic E-state index is 0.00729. The molecule has 0 aliphatic carbocycles. The molecule has 1 saturated heterocycles. The molecule has 1 aromatic carbocycles. The lowest BCUT2D eigenvalue weighted by Crippen LogP contribution is -2.43. The smallest absolute Gasteiger partial charge is 0.227 e. The van der Waals surface area contributed by atoms with E-state index in [1.165, 1.54) is 6.07 Å². The number of aliphatic hydroxyl groups is 1. The van der Waals surface area contributed by atoms with E-state index in [9.17, 15) is 18.7 Å². The lowest BCUT2D eigenvalue weighted by Gasteiger charge is -2.31. The zero-order valence-electron chi connectivity index (χ0n) is 11.0. The molecule has 0 aromatic heterocycles. The third kappa shape index (κ3) is 2.92. The van der Waals surface area contributed by atoms with Crippen molar-refractivity contribution in [3.63, 3.8) is 0 Å². The number of amides is 1. The zero-order valence-corrected chi connectivity index (χ0v) is 11.0. The maximum Gasteiger partial charge on any atom is 0.227 e. The van der Waals surface area contributed by atoms with Crippen LogP contribution in [0, 0.1) is 11.6 Å². The van der Waals surface area contributed by atoms with Gasteiger partial charge in [0.25, 0.3) is 0 Å². The van der Waals surface area contributed by atoms with Gasteiger partial charge >= 0.3 is 0 Å². The summed E-state index contributed by atoms with van der Waals surface area (Å²) in [5, 5.41) is 9.63. The van der Waals surface area contributed by atoms with Crippen molar-refractivity contribution in [3.8, 4) is 0 Å². The lowest BCUT2D eigenvalue weighted by molar-refractivity contribution is -0.133. The summed E-state index contributed by atoms with van der Waals surface area (Å²) >= 11 is 0. The second kappa shape index (κ2) is 4.89. The molecule has 1 fully saturated rings. The van der Waals surface area contributed by atoms with Crippen LogP contribution in [0.2, 0.25) is 0 Å². The van der Waals surface area contributed by atoms with Crippen molar-refractivity contribution in [2.75, 3.05) is 6.54 Å². The number of nitrogens with zero attached hydrogens (tertiary/aromatic N) is 1. The average molecular weight is 269 g/mol. The van der Waals surface area contributed by atoms with Crippen LogP contribution in [0.25, 0.3) is 0 Å². The van der Waals surface area contributed by atoms with Gasteiger partial charge in [0.05, 0.1) is 12.5 Å². The molecule has 3 nitrogen and oxygen atoms in total. The fourth-order valence-electron chi connectivity index (χ4n) is 2.57.